The summed E-state index contributed by atoms with van der Waals surface area (Å²) < 4.78 is 15.6. The minimum atomic E-state index is -0.273. The first kappa shape index (κ1) is 21.1. The fourth-order valence-corrected chi connectivity index (χ4v) is 4.60. The summed E-state index contributed by atoms with van der Waals surface area (Å²) >= 11 is 13.0. The minimum Gasteiger partial charge on any atom is -0.350 e. The average Bonchev–Trinajstić information content (AvgIpc) is 3.41. The molecule has 32 heavy (non-hydrogen) atoms. The van der Waals surface area contributed by atoms with Crippen molar-refractivity contribution in [2.45, 2.75) is 19.5 Å². The van der Waals surface area contributed by atoms with Crippen molar-refractivity contribution in [1.82, 2.24) is 24.8 Å². The average molecular weight is 471 g/mol. The molecule has 0 unspecified atom stereocenters. The summed E-state index contributed by atoms with van der Waals surface area (Å²) in [6, 6.07) is 11.9. The lowest BCUT2D eigenvalue weighted by atomic mass is 10.1. The van der Waals surface area contributed by atoms with E-state index in [0.717, 1.165) is 31.6 Å². The Morgan fingerprint density at radius 2 is 1.94 bits per heavy atom. The van der Waals surface area contributed by atoms with Gasteiger partial charge in [0.15, 0.2) is 5.65 Å². The Morgan fingerprint density at radius 1 is 1.12 bits per heavy atom. The highest BCUT2D eigenvalue weighted by Crippen LogP contribution is 2.36. The van der Waals surface area contributed by atoms with Gasteiger partial charge in [0.25, 0.3) is 0 Å². The van der Waals surface area contributed by atoms with Gasteiger partial charge in [-0.3, -0.25) is 0 Å². The summed E-state index contributed by atoms with van der Waals surface area (Å²) in [6.45, 7) is 3.08. The molecule has 1 fully saturated rings. The number of nitrogens with one attached hydrogen (secondary N) is 2. The second-order valence-electron chi connectivity index (χ2n) is 7.89. The molecule has 2 aromatic heterocycles. The predicted octanol–water partition coefficient (Wildman–Crippen LogP) is 5.16. The first-order valence-electron chi connectivity index (χ1n) is 10.4. The van der Waals surface area contributed by atoms with Gasteiger partial charge in [-0.25, -0.2) is 14.4 Å². The van der Waals surface area contributed by atoms with Crippen molar-refractivity contribution in [1.29, 1.82) is 0 Å². The normalized spacial score (nSPS) is 16.0. The van der Waals surface area contributed by atoms with Crippen molar-refractivity contribution in [3.8, 4) is 11.4 Å². The highest BCUT2D eigenvalue weighted by molar-refractivity contribution is 6.39. The van der Waals surface area contributed by atoms with Gasteiger partial charge in [0, 0.05) is 13.1 Å². The van der Waals surface area contributed by atoms with Gasteiger partial charge < -0.3 is 15.2 Å². The Labute approximate surface area is 194 Å². The molecule has 164 valence electrons. The number of hydrogen-bond acceptors (Lipinski definition) is 5. The largest absolute Gasteiger partial charge is 0.350 e. The van der Waals surface area contributed by atoms with E-state index in [0.29, 0.717) is 51.0 Å². The topological polar surface area (TPSA) is 67.7 Å². The first-order valence-corrected chi connectivity index (χ1v) is 11.2. The van der Waals surface area contributed by atoms with Crippen LogP contribution in [-0.2, 0) is 13.1 Å². The number of rotatable bonds is 6. The van der Waals surface area contributed by atoms with Crippen molar-refractivity contribution < 1.29 is 4.39 Å². The van der Waals surface area contributed by atoms with E-state index in [2.05, 4.69) is 20.2 Å². The van der Waals surface area contributed by atoms with E-state index < -0.39 is 0 Å². The zero-order chi connectivity index (χ0) is 22.1. The molecule has 5 rings (SSSR count). The second-order valence-corrected chi connectivity index (χ2v) is 8.70. The van der Waals surface area contributed by atoms with Crippen LogP contribution in [0.15, 0.2) is 48.7 Å². The maximum atomic E-state index is 13.5. The highest BCUT2D eigenvalue weighted by Gasteiger charge is 2.23. The molecule has 0 radical (unpaired) electrons. The van der Waals surface area contributed by atoms with Gasteiger partial charge >= 0.3 is 0 Å². The third kappa shape index (κ3) is 4.28. The summed E-state index contributed by atoms with van der Waals surface area (Å²) in [6.07, 6.45) is 2.76. The number of aromatic nitrogens is 4. The SMILES string of the molecule is Fc1cccc(CNc2ncc3nc(-c4c(Cl)cccc4Cl)n(C[C@H]4CCNC4)c3n2)c1. The fraction of sp³-hybridized carbons (Fsp3) is 0.261. The van der Waals surface area contributed by atoms with Crippen LogP contribution in [-0.4, -0.2) is 32.6 Å². The van der Waals surface area contributed by atoms with Crippen LogP contribution in [0.5, 0.6) is 0 Å². The van der Waals surface area contributed by atoms with Gasteiger partial charge in [0.1, 0.15) is 17.2 Å². The van der Waals surface area contributed by atoms with Crippen LogP contribution in [0, 0.1) is 11.7 Å². The molecule has 1 aliphatic rings. The van der Waals surface area contributed by atoms with Crippen LogP contribution in [0.1, 0.15) is 12.0 Å². The molecular formula is C23H21Cl2FN6. The Morgan fingerprint density at radius 3 is 2.69 bits per heavy atom. The highest BCUT2D eigenvalue weighted by atomic mass is 35.5. The Balaban J connectivity index is 1.54. The molecular weight excluding hydrogens is 450 g/mol. The summed E-state index contributed by atoms with van der Waals surface area (Å²) in [4.78, 5) is 13.9. The summed E-state index contributed by atoms with van der Waals surface area (Å²) in [5, 5.41) is 7.66. The second kappa shape index (κ2) is 9.02. The van der Waals surface area contributed by atoms with E-state index in [9.17, 15) is 4.39 Å². The van der Waals surface area contributed by atoms with Gasteiger partial charge in [-0.2, -0.15) is 4.98 Å². The van der Waals surface area contributed by atoms with Crippen molar-refractivity contribution in [3.63, 3.8) is 0 Å². The Hall–Kier alpha value is -2.74. The first-order chi connectivity index (χ1) is 15.6. The van der Waals surface area contributed by atoms with Crippen LogP contribution in [0.2, 0.25) is 10.0 Å². The van der Waals surface area contributed by atoms with Crippen LogP contribution >= 0.6 is 23.2 Å². The zero-order valence-corrected chi connectivity index (χ0v) is 18.7. The lowest BCUT2D eigenvalue weighted by molar-refractivity contribution is 0.490. The molecule has 6 nitrogen and oxygen atoms in total. The summed E-state index contributed by atoms with van der Waals surface area (Å²) in [5.74, 6) is 1.31. The maximum absolute atomic E-state index is 13.5. The lowest BCUT2D eigenvalue weighted by Gasteiger charge is -2.15. The monoisotopic (exact) mass is 470 g/mol. The molecule has 2 N–H and O–H groups in total. The molecule has 2 aromatic carbocycles. The van der Waals surface area contributed by atoms with Gasteiger partial charge in [-0.05, 0) is 55.3 Å². The number of anilines is 1. The number of imidazole rings is 1. The molecule has 1 aliphatic heterocycles. The summed E-state index contributed by atoms with van der Waals surface area (Å²) in [7, 11) is 0. The Kier molecular flexibility index (Phi) is 5.95. The third-order valence-electron chi connectivity index (χ3n) is 5.62. The predicted molar refractivity (Wildman–Crippen MR) is 125 cm³/mol. The quantitative estimate of drug-likeness (QED) is 0.407. The molecule has 0 amide bonds. The molecule has 0 saturated carbocycles. The van der Waals surface area contributed by atoms with E-state index in [1.807, 2.05) is 12.1 Å². The van der Waals surface area contributed by atoms with Crippen LogP contribution in [0.3, 0.4) is 0 Å². The van der Waals surface area contributed by atoms with Crippen molar-refractivity contribution in [2.75, 3.05) is 18.4 Å². The van der Waals surface area contributed by atoms with Gasteiger partial charge in [0.05, 0.1) is 21.8 Å². The van der Waals surface area contributed by atoms with E-state index in [4.69, 9.17) is 33.2 Å². The third-order valence-corrected chi connectivity index (χ3v) is 6.25. The van der Waals surface area contributed by atoms with Gasteiger partial charge in [-0.1, -0.05) is 41.4 Å². The summed E-state index contributed by atoms with van der Waals surface area (Å²) in [5.41, 5.74) is 2.87. The van der Waals surface area contributed by atoms with E-state index >= 15 is 0 Å². The van der Waals surface area contributed by atoms with Gasteiger partial charge in [0.2, 0.25) is 5.95 Å². The van der Waals surface area contributed by atoms with Crippen molar-refractivity contribution >= 4 is 40.3 Å². The molecule has 0 aliphatic carbocycles. The standard InChI is InChI=1S/C23H21Cl2FN6/c24-17-5-2-6-18(25)20(17)22-30-19-12-29-23(28-11-14-3-1-4-16(26)9-14)31-21(19)32(22)13-15-7-8-27-10-15/h1-6,9,12,15,27H,7-8,10-11,13H2,(H,28,29,31)/t15-/m0/s1. The molecule has 4 aromatic rings. The zero-order valence-electron chi connectivity index (χ0n) is 17.2. The lowest BCUT2D eigenvalue weighted by Crippen LogP contribution is -2.16. The van der Waals surface area contributed by atoms with Crippen LogP contribution in [0.4, 0.5) is 10.3 Å². The fourth-order valence-electron chi connectivity index (χ4n) is 4.04. The smallest absolute Gasteiger partial charge is 0.225 e. The minimum absolute atomic E-state index is 0.273. The molecule has 9 heteroatoms. The van der Waals surface area contributed by atoms with Crippen molar-refractivity contribution in [3.05, 3.63) is 70.1 Å². The van der Waals surface area contributed by atoms with Crippen molar-refractivity contribution in [2.24, 2.45) is 5.92 Å². The maximum Gasteiger partial charge on any atom is 0.225 e. The number of halogens is 3. The van der Waals surface area contributed by atoms with Crippen LogP contribution < -0.4 is 10.6 Å². The molecule has 0 bridgehead atoms. The number of hydrogen-bond donors (Lipinski definition) is 2. The van der Waals surface area contributed by atoms with Crippen LogP contribution in [0.25, 0.3) is 22.6 Å². The number of fused-ring (bicyclic) bond motifs is 1. The molecule has 1 saturated heterocycles. The van der Waals surface area contributed by atoms with Gasteiger partial charge in [-0.15, -0.1) is 0 Å². The van der Waals surface area contributed by atoms with E-state index in [1.165, 1.54) is 12.1 Å². The van der Waals surface area contributed by atoms with E-state index in [-0.39, 0.29) is 5.82 Å². The molecule has 1 atom stereocenters. The number of benzene rings is 2. The Bertz CT molecular complexity index is 1250. The number of nitrogens with zero attached hydrogens (tertiary/aromatic N) is 4. The van der Waals surface area contributed by atoms with E-state index in [1.54, 1.807) is 24.4 Å². The molecule has 0 spiro atoms. The molecule has 3 heterocycles.